The average Bonchev–Trinajstić information content (AvgIpc) is 2.30. The smallest absolute Gasteiger partial charge is 0.352 e. The molecule has 1 aromatic heterocycles. The van der Waals surface area contributed by atoms with Gasteiger partial charge < -0.3 is 9.88 Å². The minimum atomic E-state index is -4.54. The Morgan fingerprint density at radius 1 is 1.40 bits per heavy atom. The zero-order valence-electron chi connectivity index (χ0n) is 11.3. The standard InChI is InChI=1S/C13H17F3N2O2/c1-3-4-9(2)17-11(19)8-18-7-10(13(14,15)16)5-6-12(18)20/h5-7,9H,3-4,8H2,1-2H3,(H,17,19). The quantitative estimate of drug-likeness (QED) is 0.903. The van der Waals surface area contributed by atoms with Gasteiger partial charge in [0.15, 0.2) is 0 Å². The lowest BCUT2D eigenvalue weighted by molar-refractivity contribution is -0.138. The van der Waals surface area contributed by atoms with Gasteiger partial charge in [-0.2, -0.15) is 13.2 Å². The SMILES string of the molecule is CCCC(C)NC(=O)Cn1cc(C(F)(F)F)ccc1=O. The van der Waals surface area contributed by atoms with Crippen LogP contribution in [0, 0.1) is 0 Å². The molecular formula is C13H17F3N2O2. The van der Waals surface area contributed by atoms with Gasteiger partial charge in [-0.3, -0.25) is 9.59 Å². The van der Waals surface area contributed by atoms with Crippen LogP contribution in [-0.4, -0.2) is 16.5 Å². The lowest BCUT2D eigenvalue weighted by Gasteiger charge is -2.14. The van der Waals surface area contributed by atoms with Crippen molar-refractivity contribution in [2.24, 2.45) is 0 Å². The number of aromatic nitrogens is 1. The molecule has 1 amide bonds. The van der Waals surface area contributed by atoms with Crippen molar-refractivity contribution >= 4 is 5.91 Å². The van der Waals surface area contributed by atoms with Gasteiger partial charge in [0.2, 0.25) is 5.91 Å². The Morgan fingerprint density at radius 3 is 2.60 bits per heavy atom. The molecular weight excluding hydrogens is 273 g/mol. The Bertz CT molecular complexity index is 523. The third kappa shape index (κ3) is 4.71. The summed E-state index contributed by atoms with van der Waals surface area (Å²) in [5.74, 6) is -0.479. The average molecular weight is 290 g/mol. The van der Waals surface area contributed by atoms with Gasteiger partial charge in [0.25, 0.3) is 5.56 Å². The Balaban J connectivity index is 2.82. The number of carbonyl (C=O) groups excluding carboxylic acids is 1. The fraction of sp³-hybridized carbons (Fsp3) is 0.538. The molecule has 1 aromatic rings. The Kier molecular flexibility index (Phi) is 5.35. The molecule has 0 spiro atoms. The number of nitrogens with one attached hydrogen (secondary N) is 1. The molecule has 1 unspecified atom stereocenters. The molecule has 0 radical (unpaired) electrons. The molecule has 0 aliphatic rings. The first kappa shape index (κ1) is 16.3. The molecule has 0 aliphatic heterocycles. The fourth-order valence-corrected chi connectivity index (χ4v) is 1.80. The van der Waals surface area contributed by atoms with E-state index < -0.39 is 29.8 Å². The Morgan fingerprint density at radius 2 is 2.05 bits per heavy atom. The lowest BCUT2D eigenvalue weighted by atomic mass is 10.2. The lowest BCUT2D eigenvalue weighted by Crippen LogP contribution is -2.37. The van der Waals surface area contributed by atoms with E-state index in [2.05, 4.69) is 5.32 Å². The van der Waals surface area contributed by atoms with Gasteiger partial charge in [-0.25, -0.2) is 0 Å². The molecule has 0 aliphatic carbocycles. The predicted molar refractivity (Wildman–Crippen MR) is 68.2 cm³/mol. The van der Waals surface area contributed by atoms with Gasteiger partial charge in [0, 0.05) is 18.3 Å². The fourth-order valence-electron chi connectivity index (χ4n) is 1.80. The molecule has 7 heteroatoms. The number of halogens is 3. The summed E-state index contributed by atoms with van der Waals surface area (Å²) in [7, 11) is 0. The van der Waals surface area contributed by atoms with Crippen LogP contribution in [0.2, 0.25) is 0 Å². The highest BCUT2D eigenvalue weighted by Gasteiger charge is 2.31. The maximum absolute atomic E-state index is 12.5. The van der Waals surface area contributed by atoms with E-state index in [1.165, 1.54) is 0 Å². The maximum atomic E-state index is 12.5. The summed E-state index contributed by atoms with van der Waals surface area (Å²) in [4.78, 5) is 23.1. The summed E-state index contributed by atoms with van der Waals surface area (Å²) in [5.41, 5.74) is -1.59. The van der Waals surface area contributed by atoms with E-state index in [0.717, 1.165) is 23.5 Å². The molecule has 1 rings (SSSR count). The Labute approximate surface area is 114 Å². The van der Waals surface area contributed by atoms with E-state index in [-0.39, 0.29) is 6.04 Å². The van der Waals surface area contributed by atoms with Crippen molar-refractivity contribution in [3.05, 3.63) is 34.2 Å². The first-order valence-electron chi connectivity index (χ1n) is 6.31. The third-order valence-corrected chi connectivity index (χ3v) is 2.75. The van der Waals surface area contributed by atoms with E-state index in [1.54, 1.807) is 6.92 Å². The van der Waals surface area contributed by atoms with E-state index in [1.807, 2.05) is 6.92 Å². The van der Waals surface area contributed by atoms with Crippen LogP contribution in [-0.2, 0) is 17.5 Å². The normalized spacial score (nSPS) is 13.1. The summed E-state index contributed by atoms with van der Waals surface area (Å²) in [6, 6.07) is 1.44. The number of rotatable bonds is 5. The van der Waals surface area contributed by atoms with Crippen molar-refractivity contribution in [3.8, 4) is 0 Å². The highest BCUT2D eigenvalue weighted by Crippen LogP contribution is 2.27. The zero-order chi connectivity index (χ0) is 15.3. The molecule has 0 saturated heterocycles. The number of alkyl halides is 3. The second-order valence-electron chi connectivity index (χ2n) is 4.64. The van der Waals surface area contributed by atoms with E-state index >= 15 is 0 Å². The van der Waals surface area contributed by atoms with E-state index in [9.17, 15) is 22.8 Å². The second-order valence-corrected chi connectivity index (χ2v) is 4.64. The summed E-state index contributed by atoms with van der Waals surface area (Å²) in [5, 5.41) is 2.63. The molecule has 20 heavy (non-hydrogen) atoms. The topological polar surface area (TPSA) is 51.1 Å². The van der Waals surface area contributed by atoms with Crippen LogP contribution in [0.3, 0.4) is 0 Å². The van der Waals surface area contributed by atoms with Gasteiger partial charge in [-0.05, 0) is 19.4 Å². The van der Waals surface area contributed by atoms with E-state index in [0.29, 0.717) is 12.3 Å². The van der Waals surface area contributed by atoms with Gasteiger partial charge in [0.1, 0.15) is 6.54 Å². The Hall–Kier alpha value is -1.79. The maximum Gasteiger partial charge on any atom is 0.417 e. The van der Waals surface area contributed by atoms with Crippen LogP contribution < -0.4 is 10.9 Å². The number of hydrogen-bond acceptors (Lipinski definition) is 2. The molecule has 1 heterocycles. The van der Waals surface area contributed by atoms with Crippen LogP contribution in [0.15, 0.2) is 23.1 Å². The minimum Gasteiger partial charge on any atom is -0.352 e. The molecule has 0 aromatic carbocycles. The van der Waals surface area contributed by atoms with Crippen LogP contribution in [0.1, 0.15) is 32.3 Å². The molecule has 0 fully saturated rings. The van der Waals surface area contributed by atoms with Crippen molar-refractivity contribution in [2.75, 3.05) is 0 Å². The van der Waals surface area contributed by atoms with Crippen molar-refractivity contribution in [2.45, 2.75) is 45.5 Å². The molecule has 1 N–H and O–H groups in total. The van der Waals surface area contributed by atoms with Crippen LogP contribution in [0.25, 0.3) is 0 Å². The number of hydrogen-bond donors (Lipinski definition) is 1. The number of amides is 1. The van der Waals surface area contributed by atoms with Crippen LogP contribution >= 0.6 is 0 Å². The van der Waals surface area contributed by atoms with Crippen molar-refractivity contribution < 1.29 is 18.0 Å². The summed E-state index contributed by atoms with van der Waals surface area (Å²) in [6.45, 7) is 3.34. The number of nitrogens with zero attached hydrogens (tertiary/aromatic N) is 1. The van der Waals surface area contributed by atoms with Crippen molar-refractivity contribution in [3.63, 3.8) is 0 Å². The number of pyridine rings is 1. The van der Waals surface area contributed by atoms with Crippen molar-refractivity contribution in [1.29, 1.82) is 0 Å². The summed E-state index contributed by atoms with van der Waals surface area (Å²) >= 11 is 0. The second kappa shape index (κ2) is 6.58. The molecule has 0 saturated carbocycles. The van der Waals surface area contributed by atoms with Gasteiger partial charge in [-0.1, -0.05) is 13.3 Å². The summed E-state index contributed by atoms with van der Waals surface area (Å²) in [6.07, 6.45) is -2.23. The van der Waals surface area contributed by atoms with Crippen molar-refractivity contribution in [1.82, 2.24) is 9.88 Å². The van der Waals surface area contributed by atoms with Gasteiger partial charge >= 0.3 is 6.18 Å². The van der Waals surface area contributed by atoms with E-state index in [4.69, 9.17) is 0 Å². The highest BCUT2D eigenvalue weighted by atomic mass is 19.4. The van der Waals surface area contributed by atoms with Gasteiger partial charge in [0.05, 0.1) is 5.56 Å². The monoisotopic (exact) mass is 290 g/mol. The number of carbonyl (C=O) groups is 1. The largest absolute Gasteiger partial charge is 0.417 e. The summed E-state index contributed by atoms with van der Waals surface area (Å²) < 4.78 is 38.4. The molecule has 1 atom stereocenters. The van der Waals surface area contributed by atoms with Crippen LogP contribution in [0.5, 0.6) is 0 Å². The third-order valence-electron chi connectivity index (χ3n) is 2.75. The predicted octanol–water partition coefficient (Wildman–Crippen LogP) is 2.17. The first-order valence-corrected chi connectivity index (χ1v) is 6.31. The zero-order valence-corrected chi connectivity index (χ0v) is 11.3. The first-order chi connectivity index (χ1) is 9.24. The molecule has 4 nitrogen and oxygen atoms in total. The van der Waals surface area contributed by atoms with Gasteiger partial charge in [-0.15, -0.1) is 0 Å². The van der Waals surface area contributed by atoms with Crippen LogP contribution in [0.4, 0.5) is 13.2 Å². The minimum absolute atomic E-state index is 0.0750. The molecule has 0 bridgehead atoms. The highest BCUT2D eigenvalue weighted by molar-refractivity contribution is 5.76. The molecule has 112 valence electrons.